The summed E-state index contributed by atoms with van der Waals surface area (Å²) in [4.78, 5) is 15.4. The van der Waals surface area contributed by atoms with E-state index in [1.807, 2.05) is 6.92 Å². The van der Waals surface area contributed by atoms with E-state index in [-0.39, 0.29) is 23.3 Å². The number of hydrogen-bond donors (Lipinski definition) is 0. The molecule has 0 fully saturated rings. The van der Waals surface area contributed by atoms with Gasteiger partial charge in [-0.2, -0.15) is 13.2 Å². The molecule has 158 valence electrons. The molecule has 0 unspecified atom stereocenters. The van der Waals surface area contributed by atoms with Crippen LogP contribution < -0.4 is 9.47 Å². The number of halogens is 4. The number of hydrogen-bond acceptors (Lipinski definition) is 6. The van der Waals surface area contributed by atoms with Crippen molar-refractivity contribution < 1.29 is 36.9 Å². The molecule has 1 heterocycles. The summed E-state index contributed by atoms with van der Waals surface area (Å²) in [6, 6.07) is 6.78. The van der Waals surface area contributed by atoms with Crippen LogP contribution in [0, 0.1) is 0 Å². The van der Waals surface area contributed by atoms with Crippen LogP contribution in [0.5, 0.6) is 17.4 Å². The maximum atomic E-state index is 12.6. The quantitative estimate of drug-likeness (QED) is 0.414. The molecule has 2 rings (SSSR count). The molecule has 10 heteroatoms. The number of aromatic nitrogens is 1. The van der Waals surface area contributed by atoms with E-state index < -0.39 is 23.8 Å². The molecule has 0 aliphatic heterocycles. The number of pyridine rings is 1. The minimum Gasteiger partial charge on any atom is -0.479 e. The Morgan fingerprint density at radius 1 is 1.17 bits per heavy atom. The van der Waals surface area contributed by atoms with Gasteiger partial charge in [-0.15, -0.1) is 0 Å². The van der Waals surface area contributed by atoms with Gasteiger partial charge < -0.3 is 18.9 Å². The Kier molecular flexibility index (Phi) is 8.10. The van der Waals surface area contributed by atoms with Gasteiger partial charge in [0.15, 0.2) is 6.10 Å². The van der Waals surface area contributed by atoms with Crippen LogP contribution in [0.3, 0.4) is 0 Å². The molecule has 0 bridgehead atoms. The van der Waals surface area contributed by atoms with Crippen molar-refractivity contribution in [1.29, 1.82) is 0 Å². The zero-order valence-corrected chi connectivity index (χ0v) is 16.4. The van der Waals surface area contributed by atoms with Gasteiger partial charge in [-0.05, 0) is 44.2 Å². The topological polar surface area (TPSA) is 66.9 Å². The lowest BCUT2D eigenvalue weighted by Gasteiger charge is -2.14. The second kappa shape index (κ2) is 10.3. The van der Waals surface area contributed by atoms with Crippen LogP contribution in [0.1, 0.15) is 19.4 Å². The second-order valence-corrected chi connectivity index (χ2v) is 6.11. The first kappa shape index (κ1) is 22.8. The molecule has 0 N–H and O–H groups in total. The number of esters is 1. The highest BCUT2D eigenvalue weighted by molar-refractivity contribution is 6.31. The van der Waals surface area contributed by atoms with Crippen molar-refractivity contribution in [2.24, 2.45) is 0 Å². The van der Waals surface area contributed by atoms with E-state index in [1.165, 1.54) is 24.3 Å². The maximum Gasteiger partial charge on any atom is 0.417 e. The molecule has 0 aliphatic carbocycles. The number of carbonyl (C=O) groups is 1. The monoisotopic (exact) mass is 433 g/mol. The third kappa shape index (κ3) is 7.10. The minimum atomic E-state index is -4.55. The molecule has 0 saturated carbocycles. The van der Waals surface area contributed by atoms with Gasteiger partial charge in [0.1, 0.15) is 23.1 Å². The Hall–Kier alpha value is -2.52. The van der Waals surface area contributed by atoms with E-state index in [4.69, 9.17) is 30.5 Å². The van der Waals surface area contributed by atoms with Crippen LogP contribution in [-0.2, 0) is 20.4 Å². The summed E-state index contributed by atoms with van der Waals surface area (Å²) in [5.41, 5.74) is -0.972. The summed E-state index contributed by atoms with van der Waals surface area (Å²) in [7, 11) is 0. The predicted molar refractivity (Wildman–Crippen MR) is 98.3 cm³/mol. The number of rotatable bonds is 9. The molecule has 0 amide bonds. The number of nitrogens with zero attached hydrogens (tertiary/aromatic N) is 1. The molecule has 6 nitrogen and oxygen atoms in total. The van der Waals surface area contributed by atoms with Crippen LogP contribution >= 0.6 is 11.6 Å². The van der Waals surface area contributed by atoms with Crippen molar-refractivity contribution in [3.8, 4) is 17.4 Å². The van der Waals surface area contributed by atoms with Crippen molar-refractivity contribution >= 4 is 17.6 Å². The number of ether oxygens (including phenoxy) is 4. The molecular formula is C19H19ClF3NO5. The summed E-state index contributed by atoms with van der Waals surface area (Å²) in [5.74, 6) is -0.0538. The predicted octanol–water partition coefficient (Wildman–Crippen LogP) is 4.89. The van der Waals surface area contributed by atoms with Gasteiger partial charge in [-0.1, -0.05) is 11.6 Å². The van der Waals surface area contributed by atoms with Crippen LogP contribution in [0.15, 0.2) is 36.5 Å². The fraction of sp³-hybridized carbons (Fsp3) is 0.368. The average Bonchev–Trinajstić information content (AvgIpc) is 2.67. The lowest BCUT2D eigenvalue weighted by Crippen LogP contribution is -2.27. The first-order valence-corrected chi connectivity index (χ1v) is 9.00. The zero-order valence-electron chi connectivity index (χ0n) is 15.7. The fourth-order valence-corrected chi connectivity index (χ4v) is 2.27. The molecule has 0 aliphatic rings. The van der Waals surface area contributed by atoms with E-state index in [1.54, 1.807) is 6.92 Å². The van der Waals surface area contributed by atoms with Gasteiger partial charge in [-0.25, -0.2) is 9.78 Å². The summed E-state index contributed by atoms with van der Waals surface area (Å²) in [6.45, 7) is 4.35. The normalized spacial score (nSPS) is 12.3. The Balaban J connectivity index is 1.92. The summed E-state index contributed by atoms with van der Waals surface area (Å²) < 4.78 is 58.9. The molecule has 0 spiro atoms. The SMILES string of the molecule is CCOCCOC(=O)[C@H](C)Oc1ccc(Oc2ncc(C(F)(F)F)cc2Cl)cc1. The molecular weight excluding hydrogens is 415 g/mol. The van der Waals surface area contributed by atoms with Gasteiger partial charge in [0.2, 0.25) is 5.88 Å². The molecule has 0 radical (unpaired) electrons. The lowest BCUT2D eigenvalue weighted by atomic mass is 10.3. The van der Waals surface area contributed by atoms with E-state index in [0.717, 1.165) is 6.07 Å². The van der Waals surface area contributed by atoms with Crippen molar-refractivity contribution in [1.82, 2.24) is 4.98 Å². The van der Waals surface area contributed by atoms with E-state index in [2.05, 4.69) is 4.98 Å². The van der Waals surface area contributed by atoms with Gasteiger partial charge >= 0.3 is 12.1 Å². The average molecular weight is 434 g/mol. The van der Waals surface area contributed by atoms with Crippen molar-refractivity contribution in [2.45, 2.75) is 26.1 Å². The first-order chi connectivity index (χ1) is 13.7. The second-order valence-electron chi connectivity index (χ2n) is 5.71. The third-order valence-electron chi connectivity index (χ3n) is 3.49. The number of alkyl halides is 3. The van der Waals surface area contributed by atoms with E-state index in [0.29, 0.717) is 25.2 Å². The maximum absolute atomic E-state index is 12.6. The molecule has 0 saturated heterocycles. The van der Waals surface area contributed by atoms with Gasteiger partial charge in [0, 0.05) is 12.8 Å². The molecule has 2 aromatic rings. The van der Waals surface area contributed by atoms with Gasteiger partial charge in [-0.3, -0.25) is 0 Å². The van der Waals surface area contributed by atoms with Crippen LogP contribution in [0.4, 0.5) is 13.2 Å². The Labute approximate surface area is 170 Å². The highest BCUT2D eigenvalue weighted by Gasteiger charge is 2.31. The third-order valence-corrected chi connectivity index (χ3v) is 3.76. The fourth-order valence-electron chi connectivity index (χ4n) is 2.07. The zero-order chi connectivity index (χ0) is 21.4. The molecule has 1 aromatic carbocycles. The number of carbonyl (C=O) groups excluding carboxylic acids is 1. The molecule has 29 heavy (non-hydrogen) atoms. The van der Waals surface area contributed by atoms with Crippen molar-refractivity contribution in [3.05, 3.63) is 47.1 Å². The van der Waals surface area contributed by atoms with E-state index >= 15 is 0 Å². The lowest BCUT2D eigenvalue weighted by molar-refractivity contribution is -0.152. The standard InChI is InChI=1S/C19H19ClF3NO5/c1-3-26-8-9-27-18(25)12(2)28-14-4-6-15(7-5-14)29-17-16(20)10-13(11-24-17)19(21,22)23/h4-7,10-12H,3,8-9H2,1-2H3/t12-/m0/s1. The summed E-state index contributed by atoms with van der Waals surface area (Å²) in [6.07, 6.45) is -4.75. The number of benzene rings is 1. The van der Waals surface area contributed by atoms with Gasteiger partial charge in [0.05, 0.1) is 12.2 Å². The largest absolute Gasteiger partial charge is 0.479 e. The first-order valence-electron chi connectivity index (χ1n) is 8.62. The Bertz CT molecular complexity index is 814. The molecule has 1 atom stereocenters. The van der Waals surface area contributed by atoms with Gasteiger partial charge in [0.25, 0.3) is 0 Å². The van der Waals surface area contributed by atoms with Crippen LogP contribution in [-0.4, -0.2) is 36.9 Å². The highest BCUT2D eigenvalue weighted by Crippen LogP contribution is 2.34. The van der Waals surface area contributed by atoms with Crippen molar-refractivity contribution in [2.75, 3.05) is 19.8 Å². The minimum absolute atomic E-state index is 0.133. The Morgan fingerprint density at radius 3 is 2.41 bits per heavy atom. The van der Waals surface area contributed by atoms with Crippen molar-refractivity contribution in [3.63, 3.8) is 0 Å². The van der Waals surface area contributed by atoms with E-state index in [9.17, 15) is 18.0 Å². The Morgan fingerprint density at radius 2 is 1.83 bits per heavy atom. The smallest absolute Gasteiger partial charge is 0.417 e. The summed E-state index contributed by atoms with van der Waals surface area (Å²) in [5, 5.41) is -0.274. The highest BCUT2D eigenvalue weighted by atomic mass is 35.5. The van der Waals surface area contributed by atoms with Crippen LogP contribution in [0.25, 0.3) is 0 Å². The summed E-state index contributed by atoms with van der Waals surface area (Å²) >= 11 is 5.81. The molecule has 1 aromatic heterocycles. The van der Waals surface area contributed by atoms with Crippen LogP contribution in [0.2, 0.25) is 5.02 Å².